The summed E-state index contributed by atoms with van der Waals surface area (Å²) in [6.45, 7) is 4.27. The number of carboxylic acid groups (broad SMARTS) is 1. The zero-order valence-corrected chi connectivity index (χ0v) is 11.1. The monoisotopic (exact) mass is 257 g/mol. The van der Waals surface area contributed by atoms with E-state index in [-0.39, 0.29) is 12.0 Å². The van der Waals surface area contributed by atoms with E-state index in [2.05, 4.69) is 5.32 Å². The van der Waals surface area contributed by atoms with E-state index in [0.717, 1.165) is 19.3 Å². The lowest BCUT2D eigenvalue weighted by Gasteiger charge is -2.22. The molecule has 0 aromatic rings. The van der Waals surface area contributed by atoms with Crippen LogP contribution in [0.3, 0.4) is 0 Å². The molecule has 1 fully saturated rings. The predicted octanol–water partition coefficient (Wildman–Crippen LogP) is 2.40. The number of carbonyl (C=O) groups excluding carboxylic acids is 1. The van der Waals surface area contributed by atoms with Crippen molar-refractivity contribution in [3.63, 3.8) is 0 Å². The Morgan fingerprint density at radius 2 is 1.94 bits per heavy atom. The van der Waals surface area contributed by atoms with Crippen molar-refractivity contribution in [3.05, 3.63) is 0 Å². The fraction of sp³-hybridized carbons (Fsp3) is 0.846. The first kappa shape index (κ1) is 14.8. The summed E-state index contributed by atoms with van der Waals surface area (Å²) in [7, 11) is 0. The minimum absolute atomic E-state index is 0.278. The number of hydrogen-bond donors (Lipinski definition) is 2. The molecule has 1 amide bonds. The van der Waals surface area contributed by atoms with E-state index in [1.165, 1.54) is 0 Å². The summed E-state index contributed by atoms with van der Waals surface area (Å²) in [4.78, 5) is 22.7. The van der Waals surface area contributed by atoms with Crippen LogP contribution in [0.2, 0.25) is 0 Å². The van der Waals surface area contributed by atoms with Gasteiger partial charge in [-0.15, -0.1) is 0 Å². The van der Waals surface area contributed by atoms with Gasteiger partial charge >= 0.3 is 12.1 Å². The van der Waals surface area contributed by atoms with Crippen LogP contribution in [0.1, 0.15) is 46.0 Å². The maximum absolute atomic E-state index is 11.6. The number of amides is 1. The highest BCUT2D eigenvalue weighted by molar-refractivity contribution is 5.73. The molecule has 2 unspecified atom stereocenters. The van der Waals surface area contributed by atoms with Crippen LogP contribution in [0, 0.1) is 11.8 Å². The average molecular weight is 257 g/mol. The third-order valence-electron chi connectivity index (χ3n) is 3.18. The smallest absolute Gasteiger partial charge is 0.407 e. The third-order valence-corrected chi connectivity index (χ3v) is 3.18. The molecule has 0 aliphatic heterocycles. The van der Waals surface area contributed by atoms with Gasteiger partial charge in [0.05, 0.1) is 12.5 Å². The molecule has 18 heavy (non-hydrogen) atoms. The lowest BCUT2D eigenvalue weighted by molar-refractivity contribution is -0.142. The molecule has 0 aromatic heterocycles. The molecule has 0 spiro atoms. The third kappa shape index (κ3) is 4.94. The van der Waals surface area contributed by atoms with E-state index >= 15 is 0 Å². The lowest BCUT2D eigenvalue weighted by atomic mass is 9.95. The first-order valence-electron chi connectivity index (χ1n) is 6.66. The molecule has 0 radical (unpaired) electrons. The Kier molecular flexibility index (Phi) is 5.95. The van der Waals surface area contributed by atoms with Crippen LogP contribution < -0.4 is 5.32 Å². The highest BCUT2D eigenvalue weighted by atomic mass is 16.5. The molecule has 1 aliphatic rings. The fourth-order valence-corrected chi connectivity index (χ4v) is 2.21. The molecule has 104 valence electrons. The summed E-state index contributed by atoms with van der Waals surface area (Å²) in [6, 6.07) is -0.301. The van der Waals surface area contributed by atoms with Gasteiger partial charge in [0.2, 0.25) is 0 Å². The van der Waals surface area contributed by atoms with Gasteiger partial charge in [0.25, 0.3) is 0 Å². The van der Waals surface area contributed by atoms with Crippen LogP contribution in [0.5, 0.6) is 0 Å². The second-order valence-electron chi connectivity index (χ2n) is 5.33. The van der Waals surface area contributed by atoms with Gasteiger partial charge in [0.15, 0.2) is 0 Å². The van der Waals surface area contributed by atoms with Crippen LogP contribution in [-0.2, 0) is 9.53 Å². The predicted molar refractivity (Wildman–Crippen MR) is 67.3 cm³/mol. The molecule has 5 heteroatoms. The summed E-state index contributed by atoms with van der Waals surface area (Å²) in [5.74, 6) is -1.04. The summed E-state index contributed by atoms with van der Waals surface area (Å²) >= 11 is 0. The van der Waals surface area contributed by atoms with Gasteiger partial charge in [0, 0.05) is 6.04 Å². The highest BCUT2D eigenvalue weighted by Gasteiger charge is 2.30. The van der Waals surface area contributed by atoms with Crippen LogP contribution in [0.15, 0.2) is 0 Å². The molecule has 1 rings (SSSR count). The molecule has 0 saturated heterocycles. The van der Waals surface area contributed by atoms with Gasteiger partial charge in [0.1, 0.15) is 0 Å². The Morgan fingerprint density at radius 3 is 2.56 bits per heavy atom. The van der Waals surface area contributed by atoms with Crippen LogP contribution in [0.4, 0.5) is 4.79 Å². The average Bonchev–Trinajstić information content (AvgIpc) is 2.51. The number of alkyl carbamates (subject to hydrolysis) is 1. The Labute approximate surface area is 108 Å². The second kappa shape index (κ2) is 7.24. The first-order chi connectivity index (χ1) is 8.50. The van der Waals surface area contributed by atoms with Gasteiger partial charge in [-0.2, -0.15) is 0 Å². The van der Waals surface area contributed by atoms with E-state index in [9.17, 15) is 14.7 Å². The lowest BCUT2D eigenvalue weighted by Crippen LogP contribution is -2.43. The van der Waals surface area contributed by atoms with Gasteiger partial charge in [-0.05, 0) is 18.8 Å². The van der Waals surface area contributed by atoms with Crippen molar-refractivity contribution in [1.29, 1.82) is 0 Å². The summed E-state index contributed by atoms with van der Waals surface area (Å²) < 4.78 is 5.03. The van der Waals surface area contributed by atoms with Crippen LogP contribution >= 0.6 is 0 Å². The Bertz CT molecular complexity index is 291. The van der Waals surface area contributed by atoms with Crippen molar-refractivity contribution < 1.29 is 19.4 Å². The zero-order valence-electron chi connectivity index (χ0n) is 11.1. The number of rotatable bonds is 4. The summed E-state index contributed by atoms with van der Waals surface area (Å²) in [5, 5.41) is 11.9. The van der Waals surface area contributed by atoms with Crippen molar-refractivity contribution in [2.45, 2.75) is 52.0 Å². The molecule has 0 bridgehead atoms. The Balaban J connectivity index is 2.49. The van der Waals surface area contributed by atoms with Crippen LogP contribution in [-0.4, -0.2) is 29.8 Å². The Hall–Kier alpha value is -1.26. The SMILES string of the molecule is CC(C)COC(=O)NC1CCCCCC1C(=O)O. The molecule has 2 N–H and O–H groups in total. The van der Waals surface area contributed by atoms with Crippen molar-refractivity contribution in [2.75, 3.05) is 6.61 Å². The number of hydrogen-bond acceptors (Lipinski definition) is 3. The van der Waals surface area contributed by atoms with E-state index in [1.807, 2.05) is 13.8 Å². The fourth-order valence-electron chi connectivity index (χ4n) is 2.21. The number of nitrogens with one attached hydrogen (secondary N) is 1. The Morgan fingerprint density at radius 1 is 1.28 bits per heavy atom. The summed E-state index contributed by atoms with van der Waals surface area (Å²) in [5.41, 5.74) is 0. The van der Waals surface area contributed by atoms with E-state index in [1.54, 1.807) is 0 Å². The van der Waals surface area contributed by atoms with E-state index in [4.69, 9.17) is 4.74 Å². The van der Waals surface area contributed by atoms with Gasteiger partial charge in [-0.25, -0.2) is 4.79 Å². The normalized spacial score (nSPS) is 24.4. The first-order valence-corrected chi connectivity index (χ1v) is 6.66. The maximum atomic E-state index is 11.6. The number of ether oxygens (including phenoxy) is 1. The van der Waals surface area contributed by atoms with Crippen LogP contribution in [0.25, 0.3) is 0 Å². The topological polar surface area (TPSA) is 75.6 Å². The maximum Gasteiger partial charge on any atom is 0.407 e. The van der Waals surface area contributed by atoms with E-state index < -0.39 is 18.0 Å². The zero-order chi connectivity index (χ0) is 13.5. The molecule has 1 aliphatic carbocycles. The van der Waals surface area contributed by atoms with Gasteiger partial charge in [-0.1, -0.05) is 33.1 Å². The van der Waals surface area contributed by atoms with Gasteiger partial charge < -0.3 is 15.2 Å². The minimum atomic E-state index is -0.828. The largest absolute Gasteiger partial charge is 0.481 e. The number of carbonyl (C=O) groups is 2. The molecule has 1 saturated carbocycles. The number of aliphatic carboxylic acids is 1. The highest BCUT2D eigenvalue weighted by Crippen LogP contribution is 2.23. The minimum Gasteiger partial charge on any atom is -0.481 e. The van der Waals surface area contributed by atoms with Crippen molar-refractivity contribution >= 4 is 12.1 Å². The standard InChI is InChI=1S/C13H23NO4/c1-9(2)8-18-13(17)14-11-7-5-3-4-6-10(11)12(15)16/h9-11H,3-8H2,1-2H3,(H,14,17)(H,15,16). The molecule has 5 nitrogen and oxygen atoms in total. The quantitative estimate of drug-likeness (QED) is 0.758. The van der Waals surface area contributed by atoms with Crippen molar-refractivity contribution in [3.8, 4) is 0 Å². The van der Waals surface area contributed by atoms with Crippen molar-refractivity contribution in [1.82, 2.24) is 5.32 Å². The molecule has 0 heterocycles. The molecular weight excluding hydrogens is 234 g/mol. The van der Waals surface area contributed by atoms with Crippen molar-refractivity contribution in [2.24, 2.45) is 11.8 Å². The van der Waals surface area contributed by atoms with Gasteiger partial charge in [-0.3, -0.25) is 4.79 Å². The van der Waals surface area contributed by atoms with E-state index in [0.29, 0.717) is 19.4 Å². The summed E-state index contributed by atoms with van der Waals surface area (Å²) in [6.07, 6.45) is 3.75. The molecular formula is C13H23NO4. The molecule has 0 aromatic carbocycles. The molecule has 2 atom stereocenters. The second-order valence-corrected chi connectivity index (χ2v) is 5.33. The number of carboxylic acids is 1.